The molecule has 7 N–H and O–H groups in total. The van der Waals surface area contributed by atoms with Gasteiger partial charge >= 0.3 is 32.5 Å². The van der Waals surface area contributed by atoms with Crippen molar-refractivity contribution in [2.75, 3.05) is 32.7 Å². The fourth-order valence-corrected chi connectivity index (χ4v) is 6.72. The van der Waals surface area contributed by atoms with Crippen LogP contribution in [0.25, 0.3) is 0 Å². The maximum atomic E-state index is 14.0. The summed E-state index contributed by atoms with van der Waals surface area (Å²) in [6, 6.07) is 7.54. The van der Waals surface area contributed by atoms with E-state index in [0.29, 0.717) is 24.3 Å². The molecular formula is C37H47F4N5O14P2. The molecule has 1 saturated heterocycles. The Hall–Kier alpha value is -5.05. The molecule has 62 heavy (non-hydrogen) atoms. The average Bonchev–Trinajstić information content (AvgIpc) is 3.50. The van der Waals surface area contributed by atoms with Gasteiger partial charge in [-0.1, -0.05) is 55.0 Å². The third-order valence-corrected chi connectivity index (χ3v) is 11.2. The van der Waals surface area contributed by atoms with Crippen molar-refractivity contribution < 1.29 is 84.7 Å². The summed E-state index contributed by atoms with van der Waals surface area (Å²) in [5.41, 5.74) is -10.3. The summed E-state index contributed by atoms with van der Waals surface area (Å²) in [5, 5.41) is 8.29. The van der Waals surface area contributed by atoms with Crippen LogP contribution in [0.1, 0.15) is 80.0 Å². The second-order valence-corrected chi connectivity index (χ2v) is 17.4. The third-order valence-electron chi connectivity index (χ3n) is 9.20. The van der Waals surface area contributed by atoms with E-state index in [1.54, 1.807) is 0 Å². The highest BCUT2D eigenvalue weighted by Gasteiger charge is 2.51. The summed E-state index contributed by atoms with van der Waals surface area (Å²) in [5.74, 6) is -3.88. The molecule has 3 rings (SSSR count). The molecule has 0 radical (unpaired) electrons. The third kappa shape index (κ3) is 15.7. The molecule has 0 unspecified atom stereocenters. The zero-order chi connectivity index (χ0) is 46.3. The van der Waals surface area contributed by atoms with E-state index in [0.717, 1.165) is 48.5 Å². The molecule has 1 aliphatic rings. The first-order chi connectivity index (χ1) is 28.9. The lowest BCUT2D eigenvalue weighted by molar-refractivity contribution is -0.197. The highest BCUT2D eigenvalue weighted by atomic mass is 31.2. The molecule has 25 heteroatoms. The molecule has 2 aromatic carbocycles. The first kappa shape index (κ1) is 51.3. The average molecular weight is 924 g/mol. The van der Waals surface area contributed by atoms with Crippen LogP contribution in [0.4, 0.5) is 17.6 Å². The van der Waals surface area contributed by atoms with Gasteiger partial charge < -0.3 is 45.3 Å². The van der Waals surface area contributed by atoms with Crippen molar-refractivity contribution in [1.82, 2.24) is 25.9 Å². The van der Waals surface area contributed by atoms with Gasteiger partial charge in [0.1, 0.15) is 0 Å². The first-order valence-electron chi connectivity index (χ1n) is 19.1. The summed E-state index contributed by atoms with van der Waals surface area (Å²) >= 11 is 0. The Morgan fingerprint density at radius 2 is 1.05 bits per heavy atom. The fourth-order valence-electron chi connectivity index (χ4n) is 5.75. The number of nitrogens with zero attached hydrogens (tertiary/aromatic N) is 2. The molecule has 0 bridgehead atoms. The van der Waals surface area contributed by atoms with Gasteiger partial charge in [-0.2, -0.15) is 17.6 Å². The van der Waals surface area contributed by atoms with Gasteiger partial charge in [-0.05, 0) is 30.4 Å². The second kappa shape index (κ2) is 22.9. The Labute approximate surface area is 352 Å². The van der Waals surface area contributed by atoms with Crippen molar-refractivity contribution in [2.45, 2.75) is 82.0 Å². The number of hydrogen-bond donors (Lipinski definition) is 7. The molecular weight excluding hydrogens is 876 g/mol. The van der Waals surface area contributed by atoms with Crippen LogP contribution in [0.3, 0.4) is 0 Å². The van der Waals surface area contributed by atoms with Gasteiger partial charge in [-0.15, -0.1) is 5.06 Å². The summed E-state index contributed by atoms with van der Waals surface area (Å²) < 4.78 is 78.2. The van der Waals surface area contributed by atoms with E-state index < -0.39 is 73.2 Å². The summed E-state index contributed by atoms with van der Waals surface area (Å²) in [4.78, 5) is 128. The monoisotopic (exact) mass is 923 g/mol. The fraction of sp³-hybridized carbons (Fsp3) is 0.486. The molecule has 0 atom stereocenters. The predicted molar refractivity (Wildman–Crippen MR) is 207 cm³/mol. The number of amides is 6. The van der Waals surface area contributed by atoms with Crippen LogP contribution < -0.4 is 16.0 Å². The number of carbonyl (C=O) groups is 7. The van der Waals surface area contributed by atoms with Crippen molar-refractivity contribution in [2.24, 2.45) is 0 Å². The van der Waals surface area contributed by atoms with E-state index in [4.69, 9.17) is 24.4 Å². The number of alkyl halides is 4. The number of hydroxylamine groups is 2. The zero-order valence-corrected chi connectivity index (χ0v) is 34.9. The van der Waals surface area contributed by atoms with E-state index in [1.165, 1.54) is 4.90 Å². The molecule has 2 aromatic rings. The van der Waals surface area contributed by atoms with Gasteiger partial charge in [0.25, 0.3) is 11.8 Å². The van der Waals surface area contributed by atoms with Crippen molar-refractivity contribution in [3.63, 3.8) is 0 Å². The van der Waals surface area contributed by atoms with Gasteiger partial charge in [0, 0.05) is 76.0 Å². The Balaban J connectivity index is 1.47. The van der Waals surface area contributed by atoms with Gasteiger partial charge in [-0.25, -0.2) is 4.79 Å². The van der Waals surface area contributed by atoms with Gasteiger partial charge in [0.05, 0.1) is 12.8 Å². The summed E-state index contributed by atoms with van der Waals surface area (Å²) in [6.45, 7) is -0.0953. The number of hydrogen-bond acceptors (Lipinski definition) is 10. The van der Waals surface area contributed by atoms with Gasteiger partial charge in [0.2, 0.25) is 23.6 Å². The lowest BCUT2D eigenvalue weighted by Crippen LogP contribution is -2.43. The summed E-state index contributed by atoms with van der Waals surface area (Å²) in [6.07, 6.45) is 0.667. The van der Waals surface area contributed by atoms with E-state index in [-0.39, 0.29) is 101 Å². The Bertz CT molecular complexity index is 1920. The molecule has 0 spiro atoms. The number of imide groups is 1. The zero-order valence-electron chi connectivity index (χ0n) is 33.1. The molecule has 1 aliphatic heterocycles. The van der Waals surface area contributed by atoms with Crippen LogP contribution in [0, 0.1) is 0 Å². The van der Waals surface area contributed by atoms with Crippen molar-refractivity contribution >= 4 is 56.6 Å². The number of rotatable bonds is 25. The minimum atomic E-state index is -5.80. The normalized spacial score (nSPS) is 13.5. The van der Waals surface area contributed by atoms with Crippen LogP contribution in [0.5, 0.6) is 0 Å². The number of unbranched alkanes of at least 4 members (excludes halogenated alkanes) is 2. The van der Waals surface area contributed by atoms with Gasteiger partial charge in [-0.3, -0.25) is 37.9 Å². The maximum Gasteiger partial charge on any atom is 0.399 e. The highest BCUT2D eigenvalue weighted by Crippen LogP contribution is 2.60. The van der Waals surface area contributed by atoms with E-state index >= 15 is 0 Å². The standard InChI is InChI=1S/C37H47F4N5O14P2/c38-36(39,61(54,55)56)27-12-8-25(9-13-27)23-30(48)43-19-21-45(22-20-44-31(49)24-26-10-14-28(15-11-26)37(40,41)62(57,58)59)32(50)6-4-5-29(47)42-18-3-1-2-7-35(53)60-46-33(51)16-17-34(46)52/h8-15H,1-7,16-24H2,(H,42,47)(H,43,48)(H,44,49)(H2,54,55,56)(H2,57,58,59). The van der Waals surface area contributed by atoms with Gasteiger partial charge in [0.15, 0.2) is 0 Å². The number of benzene rings is 2. The number of halogens is 4. The molecule has 6 amide bonds. The van der Waals surface area contributed by atoms with E-state index in [9.17, 15) is 60.3 Å². The van der Waals surface area contributed by atoms with Crippen molar-refractivity contribution in [3.05, 3.63) is 70.8 Å². The minimum absolute atomic E-state index is 0.0199. The Morgan fingerprint density at radius 3 is 1.48 bits per heavy atom. The smallest absolute Gasteiger partial charge is 0.356 e. The molecule has 19 nitrogen and oxygen atoms in total. The lowest BCUT2D eigenvalue weighted by atomic mass is 10.1. The van der Waals surface area contributed by atoms with Crippen molar-refractivity contribution in [3.8, 4) is 0 Å². The van der Waals surface area contributed by atoms with E-state index in [1.807, 2.05) is 0 Å². The molecule has 0 aliphatic carbocycles. The Kier molecular flexibility index (Phi) is 18.9. The summed E-state index contributed by atoms with van der Waals surface area (Å²) in [7, 11) is -11.6. The highest BCUT2D eigenvalue weighted by molar-refractivity contribution is 7.52. The van der Waals surface area contributed by atoms with Crippen LogP contribution in [0.2, 0.25) is 0 Å². The van der Waals surface area contributed by atoms with E-state index in [2.05, 4.69) is 16.0 Å². The largest absolute Gasteiger partial charge is 0.399 e. The maximum absolute atomic E-state index is 14.0. The Morgan fingerprint density at radius 1 is 0.613 bits per heavy atom. The van der Waals surface area contributed by atoms with Crippen LogP contribution in [0.15, 0.2) is 48.5 Å². The van der Waals surface area contributed by atoms with Crippen molar-refractivity contribution in [1.29, 1.82) is 0 Å². The quantitative estimate of drug-likeness (QED) is 0.0326. The lowest BCUT2D eigenvalue weighted by Gasteiger charge is -2.23. The molecule has 0 aromatic heterocycles. The molecule has 0 saturated carbocycles. The number of nitrogens with one attached hydrogen (secondary N) is 3. The molecule has 1 fully saturated rings. The SMILES string of the molecule is O=C(CCCC(=O)N(CCNC(=O)Cc1ccc(C(F)(F)P(=O)(O)O)cc1)CCNC(=O)Cc1ccc(C(F)(F)P(=O)(O)O)cc1)NCCCCCC(=O)ON1C(=O)CCC1=O. The molecule has 342 valence electrons. The molecule has 1 heterocycles. The second-order valence-electron chi connectivity index (χ2n) is 14.1. The topological polar surface area (TPSA) is 286 Å². The minimum Gasteiger partial charge on any atom is -0.356 e. The number of carbonyl (C=O) groups excluding carboxylic acids is 7. The van der Waals surface area contributed by atoms with Crippen LogP contribution in [-0.4, -0.2) is 104 Å². The van der Waals surface area contributed by atoms with Crippen LogP contribution in [-0.2, 0) is 71.7 Å². The van der Waals surface area contributed by atoms with Crippen LogP contribution >= 0.6 is 15.2 Å². The first-order valence-corrected chi connectivity index (χ1v) is 22.3. The predicted octanol–water partition coefficient (Wildman–Crippen LogP) is 2.44.